The van der Waals surface area contributed by atoms with Crippen molar-refractivity contribution in [3.63, 3.8) is 0 Å². The van der Waals surface area contributed by atoms with Crippen molar-refractivity contribution in [2.45, 2.75) is 25.0 Å². The van der Waals surface area contributed by atoms with E-state index in [4.69, 9.17) is 4.74 Å². The van der Waals surface area contributed by atoms with Crippen LogP contribution in [0.3, 0.4) is 0 Å². The number of hydrogen-bond acceptors (Lipinski definition) is 5. The van der Waals surface area contributed by atoms with Crippen LogP contribution >= 0.6 is 0 Å². The van der Waals surface area contributed by atoms with Crippen LogP contribution in [0.15, 0.2) is 48.7 Å². The van der Waals surface area contributed by atoms with E-state index in [2.05, 4.69) is 15.2 Å². The first-order valence-electron chi connectivity index (χ1n) is 9.53. The highest BCUT2D eigenvalue weighted by atomic mass is 16.5. The highest BCUT2D eigenvalue weighted by molar-refractivity contribution is 5.95. The Morgan fingerprint density at radius 1 is 1.19 bits per heavy atom. The minimum Gasteiger partial charge on any atom is -0.393 e. The van der Waals surface area contributed by atoms with Gasteiger partial charge in [-0.05, 0) is 49.1 Å². The van der Waals surface area contributed by atoms with Crippen molar-refractivity contribution in [1.82, 2.24) is 10.3 Å². The van der Waals surface area contributed by atoms with Crippen LogP contribution in [0.4, 0.5) is 5.69 Å². The van der Waals surface area contributed by atoms with E-state index in [0.717, 1.165) is 24.5 Å². The summed E-state index contributed by atoms with van der Waals surface area (Å²) in [6.45, 7) is 3.09. The zero-order valence-electron chi connectivity index (χ0n) is 15.3. The van der Waals surface area contributed by atoms with Gasteiger partial charge in [0.25, 0.3) is 5.91 Å². The van der Waals surface area contributed by atoms with Crippen molar-refractivity contribution >= 4 is 11.6 Å². The number of carbonyl (C=O) groups is 1. The molecule has 1 saturated carbocycles. The molecule has 2 N–H and O–H groups in total. The van der Waals surface area contributed by atoms with Crippen LogP contribution in [-0.2, 0) is 4.74 Å². The fourth-order valence-electron chi connectivity index (χ4n) is 3.79. The van der Waals surface area contributed by atoms with Gasteiger partial charge in [0.15, 0.2) is 0 Å². The number of benzene rings is 1. The predicted octanol–water partition coefficient (Wildman–Crippen LogP) is 2.16. The molecule has 1 aromatic carbocycles. The van der Waals surface area contributed by atoms with E-state index in [1.165, 1.54) is 0 Å². The second-order valence-corrected chi connectivity index (χ2v) is 7.24. The zero-order chi connectivity index (χ0) is 18.6. The number of aliphatic hydroxyl groups is 1. The molecule has 1 atom stereocenters. The molecular formula is C21H25N3O3. The number of amides is 1. The third-order valence-electron chi connectivity index (χ3n) is 5.40. The van der Waals surface area contributed by atoms with Crippen LogP contribution in [-0.4, -0.2) is 48.4 Å². The average Bonchev–Trinajstić information content (AvgIpc) is 2.71. The summed E-state index contributed by atoms with van der Waals surface area (Å²) in [6.07, 6.45) is 2.84. The summed E-state index contributed by atoms with van der Waals surface area (Å²) in [5.41, 5.74) is 2.52. The number of nitrogens with zero attached hydrogens (tertiary/aromatic N) is 2. The van der Waals surface area contributed by atoms with Crippen LogP contribution < -0.4 is 10.2 Å². The van der Waals surface area contributed by atoms with Gasteiger partial charge in [-0.1, -0.05) is 12.1 Å². The number of rotatable bonds is 5. The topological polar surface area (TPSA) is 74.7 Å². The number of pyridine rings is 1. The third kappa shape index (κ3) is 4.12. The summed E-state index contributed by atoms with van der Waals surface area (Å²) < 4.78 is 5.41. The Labute approximate surface area is 159 Å². The van der Waals surface area contributed by atoms with Crippen molar-refractivity contribution in [3.8, 4) is 0 Å². The van der Waals surface area contributed by atoms with Crippen LogP contribution in [0.5, 0.6) is 0 Å². The van der Waals surface area contributed by atoms with E-state index < -0.39 is 0 Å². The fourth-order valence-corrected chi connectivity index (χ4v) is 3.79. The molecule has 6 heteroatoms. The van der Waals surface area contributed by atoms with E-state index in [0.29, 0.717) is 31.6 Å². The summed E-state index contributed by atoms with van der Waals surface area (Å²) in [7, 11) is 0. The van der Waals surface area contributed by atoms with Crippen molar-refractivity contribution in [1.29, 1.82) is 0 Å². The third-order valence-corrected chi connectivity index (χ3v) is 5.40. The summed E-state index contributed by atoms with van der Waals surface area (Å²) in [4.78, 5) is 19.6. The Hall–Kier alpha value is -2.44. The van der Waals surface area contributed by atoms with Gasteiger partial charge in [0.1, 0.15) is 0 Å². The van der Waals surface area contributed by atoms with Crippen LogP contribution in [0.1, 0.15) is 34.9 Å². The number of hydrogen-bond donors (Lipinski definition) is 2. The second-order valence-electron chi connectivity index (χ2n) is 7.24. The molecule has 142 valence electrons. The quantitative estimate of drug-likeness (QED) is 0.847. The number of carbonyl (C=O) groups excluding carboxylic acids is 1. The van der Waals surface area contributed by atoms with E-state index in [1.54, 1.807) is 6.20 Å². The van der Waals surface area contributed by atoms with Crippen molar-refractivity contribution in [2.75, 3.05) is 31.2 Å². The number of aliphatic hydroxyl groups excluding tert-OH is 1. The molecule has 1 amide bonds. The molecule has 1 saturated heterocycles. The highest BCUT2D eigenvalue weighted by Gasteiger charge is 2.36. The molecule has 1 aliphatic carbocycles. The maximum Gasteiger partial charge on any atom is 0.251 e. The monoisotopic (exact) mass is 367 g/mol. The molecule has 27 heavy (non-hydrogen) atoms. The first-order chi connectivity index (χ1) is 13.2. The molecule has 6 nitrogen and oxygen atoms in total. The van der Waals surface area contributed by atoms with Gasteiger partial charge in [-0.25, -0.2) is 0 Å². The molecule has 2 aromatic rings. The van der Waals surface area contributed by atoms with Gasteiger partial charge in [-0.3, -0.25) is 9.78 Å². The zero-order valence-corrected chi connectivity index (χ0v) is 15.3. The van der Waals surface area contributed by atoms with Gasteiger partial charge < -0.3 is 20.1 Å². The lowest BCUT2D eigenvalue weighted by atomic mass is 9.76. The average molecular weight is 367 g/mol. The van der Waals surface area contributed by atoms with E-state index in [-0.39, 0.29) is 24.0 Å². The molecule has 0 spiro atoms. The Kier molecular flexibility index (Phi) is 5.36. The lowest BCUT2D eigenvalue weighted by molar-refractivity contribution is 0.0228. The Balaban J connectivity index is 1.51. The first kappa shape index (κ1) is 17.9. The second kappa shape index (κ2) is 8.06. The largest absolute Gasteiger partial charge is 0.393 e. The van der Waals surface area contributed by atoms with Crippen molar-refractivity contribution in [2.24, 2.45) is 5.92 Å². The van der Waals surface area contributed by atoms with Gasteiger partial charge in [0.2, 0.25) is 0 Å². The summed E-state index contributed by atoms with van der Waals surface area (Å²) in [6, 6.07) is 13.3. The van der Waals surface area contributed by atoms with Gasteiger partial charge >= 0.3 is 0 Å². The number of anilines is 1. The normalized spacial score (nSPS) is 23.4. The first-order valence-corrected chi connectivity index (χ1v) is 9.53. The Morgan fingerprint density at radius 2 is 2.00 bits per heavy atom. The van der Waals surface area contributed by atoms with E-state index >= 15 is 0 Å². The van der Waals surface area contributed by atoms with Crippen molar-refractivity contribution in [3.05, 3.63) is 59.9 Å². The maximum atomic E-state index is 12.9. The molecule has 0 unspecified atom stereocenters. The van der Waals surface area contributed by atoms with E-state index in [1.807, 2.05) is 42.5 Å². The summed E-state index contributed by atoms with van der Waals surface area (Å²) in [5, 5.41) is 12.8. The van der Waals surface area contributed by atoms with Crippen LogP contribution in [0.2, 0.25) is 0 Å². The Morgan fingerprint density at radius 3 is 2.70 bits per heavy atom. The molecule has 2 heterocycles. The van der Waals surface area contributed by atoms with Crippen LogP contribution in [0.25, 0.3) is 0 Å². The van der Waals surface area contributed by atoms with E-state index in [9.17, 15) is 9.90 Å². The molecule has 0 radical (unpaired) electrons. The van der Waals surface area contributed by atoms with Gasteiger partial charge in [0, 0.05) is 30.5 Å². The highest BCUT2D eigenvalue weighted by Crippen LogP contribution is 2.37. The fraction of sp³-hybridized carbons (Fsp3) is 0.429. The van der Waals surface area contributed by atoms with Gasteiger partial charge in [0.05, 0.1) is 31.1 Å². The lowest BCUT2D eigenvalue weighted by Crippen LogP contribution is -2.41. The van der Waals surface area contributed by atoms with Crippen molar-refractivity contribution < 1.29 is 14.6 Å². The molecule has 2 fully saturated rings. The number of morpholine rings is 1. The minimum absolute atomic E-state index is 0.109. The standard InChI is InChI=1S/C21H25N3O3/c25-18-13-16(14-18)20(19-6-1-2-7-22-19)23-21(26)15-4-3-5-17(12-15)24-8-10-27-11-9-24/h1-7,12,16,18,20,25H,8-11,13-14H2,(H,23,26)/t16?,18?,20-/m0/s1. The number of ether oxygens (including phenoxy) is 1. The lowest BCUT2D eigenvalue weighted by Gasteiger charge is -2.37. The molecule has 1 aromatic heterocycles. The van der Waals surface area contributed by atoms with Gasteiger partial charge in [-0.2, -0.15) is 0 Å². The number of nitrogens with one attached hydrogen (secondary N) is 1. The Bertz CT molecular complexity index is 771. The molecule has 4 rings (SSSR count). The summed E-state index contributed by atoms with van der Waals surface area (Å²) >= 11 is 0. The molecule has 0 bridgehead atoms. The summed E-state index contributed by atoms with van der Waals surface area (Å²) in [5.74, 6) is 0.100. The number of aromatic nitrogens is 1. The van der Waals surface area contributed by atoms with Crippen LogP contribution in [0, 0.1) is 5.92 Å². The minimum atomic E-state index is -0.275. The smallest absolute Gasteiger partial charge is 0.251 e. The molecular weight excluding hydrogens is 342 g/mol. The molecule has 2 aliphatic rings. The maximum absolute atomic E-state index is 12.9. The SMILES string of the molecule is O=C(N[C@H](c1ccccn1)C1CC(O)C1)c1cccc(N2CCOCC2)c1. The molecule has 1 aliphatic heterocycles. The van der Waals surface area contributed by atoms with Gasteiger partial charge in [-0.15, -0.1) is 0 Å². The predicted molar refractivity (Wildman–Crippen MR) is 103 cm³/mol.